The number of nitrogens with one attached hydrogen (secondary N) is 2. The third-order valence-corrected chi connectivity index (χ3v) is 2.97. The van der Waals surface area contributed by atoms with Crippen molar-refractivity contribution in [2.24, 2.45) is 28.1 Å². The summed E-state index contributed by atoms with van der Waals surface area (Å²) in [6.07, 6.45) is 0.869. The first-order valence-electron chi connectivity index (χ1n) is 7.26. The van der Waals surface area contributed by atoms with Gasteiger partial charge >= 0.3 is 5.97 Å². The van der Waals surface area contributed by atoms with Crippen LogP contribution < -0.4 is 27.8 Å². The van der Waals surface area contributed by atoms with Gasteiger partial charge in [0.2, 0.25) is 11.8 Å². The van der Waals surface area contributed by atoms with Crippen molar-refractivity contribution in [3.8, 4) is 0 Å². The van der Waals surface area contributed by atoms with Crippen molar-refractivity contribution in [2.45, 2.75) is 38.8 Å². The molecule has 10 heteroatoms. The number of amides is 2. The standard InChI is InChI=1S/C13H26N6O4/c1-7(2)10(12(23)18-6-9(20)21)19-11(22)8(14)4-3-5-17-13(15)16/h7-8,10H,3-6,14H2,1-2H3,(H,18,23)(H,19,22)(H,20,21)(H4,15,16,17)/t8-,10-/m0/s1. The second-order valence-electron chi connectivity index (χ2n) is 5.40. The van der Waals surface area contributed by atoms with E-state index < -0.39 is 36.4 Å². The minimum Gasteiger partial charge on any atom is -0.480 e. The maximum Gasteiger partial charge on any atom is 0.322 e. The smallest absolute Gasteiger partial charge is 0.322 e. The summed E-state index contributed by atoms with van der Waals surface area (Å²) < 4.78 is 0. The molecule has 9 N–H and O–H groups in total. The van der Waals surface area contributed by atoms with Gasteiger partial charge in [0.15, 0.2) is 5.96 Å². The van der Waals surface area contributed by atoms with Gasteiger partial charge in [-0.2, -0.15) is 0 Å². The molecular weight excluding hydrogens is 304 g/mol. The minimum absolute atomic E-state index is 0.0296. The van der Waals surface area contributed by atoms with E-state index in [1.54, 1.807) is 13.8 Å². The molecule has 0 aliphatic carbocycles. The largest absolute Gasteiger partial charge is 0.480 e. The number of nitrogens with zero attached hydrogens (tertiary/aromatic N) is 1. The number of carbonyl (C=O) groups is 3. The summed E-state index contributed by atoms with van der Waals surface area (Å²) in [4.78, 5) is 38.2. The Labute approximate surface area is 134 Å². The van der Waals surface area contributed by atoms with E-state index in [4.69, 9.17) is 22.3 Å². The van der Waals surface area contributed by atoms with Crippen molar-refractivity contribution < 1.29 is 19.5 Å². The van der Waals surface area contributed by atoms with Gasteiger partial charge in [-0.05, 0) is 18.8 Å². The lowest BCUT2D eigenvalue weighted by Crippen LogP contribution is -2.54. The van der Waals surface area contributed by atoms with Gasteiger partial charge in [-0.15, -0.1) is 0 Å². The predicted octanol–water partition coefficient (Wildman–Crippen LogP) is -2.29. The van der Waals surface area contributed by atoms with Crippen LogP contribution in [0.25, 0.3) is 0 Å². The molecule has 2 atom stereocenters. The number of guanidine groups is 1. The first-order chi connectivity index (χ1) is 10.6. The van der Waals surface area contributed by atoms with Crippen LogP contribution in [0.4, 0.5) is 0 Å². The average Bonchev–Trinajstić information content (AvgIpc) is 2.45. The van der Waals surface area contributed by atoms with Crippen molar-refractivity contribution in [2.75, 3.05) is 13.1 Å². The number of aliphatic carboxylic acids is 1. The molecule has 10 nitrogen and oxygen atoms in total. The third kappa shape index (κ3) is 9.30. The maximum absolute atomic E-state index is 12.0. The van der Waals surface area contributed by atoms with Crippen molar-refractivity contribution in [3.63, 3.8) is 0 Å². The summed E-state index contributed by atoms with van der Waals surface area (Å²) in [5.74, 6) is -2.47. The lowest BCUT2D eigenvalue weighted by atomic mass is 10.0. The first-order valence-corrected chi connectivity index (χ1v) is 7.26. The summed E-state index contributed by atoms with van der Waals surface area (Å²) in [5.41, 5.74) is 16.1. The Hall–Kier alpha value is -2.36. The fourth-order valence-corrected chi connectivity index (χ4v) is 1.72. The molecule has 0 radical (unpaired) electrons. The average molecular weight is 330 g/mol. The molecule has 0 fully saturated rings. The Morgan fingerprint density at radius 1 is 1.17 bits per heavy atom. The van der Waals surface area contributed by atoms with E-state index in [-0.39, 0.29) is 11.9 Å². The van der Waals surface area contributed by atoms with E-state index in [0.29, 0.717) is 19.4 Å². The Bertz CT molecular complexity index is 448. The van der Waals surface area contributed by atoms with Gasteiger partial charge < -0.3 is 32.9 Å². The minimum atomic E-state index is -1.16. The number of hydrogen-bond donors (Lipinski definition) is 6. The van der Waals surface area contributed by atoms with E-state index in [1.165, 1.54) is 0 Å². The fraction of sp³-hybridized carbons (Fsp3) is 0.692. The van der Waals surface area contributed by atoms with Gasteiger partial charge in [0.05, 0.1) is 6.04 Å². The van der Waals surface area contributed by atoms with Crippen molar-refractivity contribution in [3.05, 3.63) is 0 Å². The van der Waals surface area contributed by atoms with Crippen LogP contribution in [0.2, 0.25) is 0 Å². The molecule has 0 heterocycles. The highest BCUT2D eigenvalue weighted by atomic mass is 16.4. The highest BCUT2D eigenvalue weighted by molar-refractivity contribution is 5.91. The zero-order chi connectivity index (χ0) is 18.0. The summed E-state index contributed by atoms with van der Waals surface area (Å²) >= 11 is 0. The molecule has 0 spiro atoms. The first kappa shape index (κ1) is 20.6. The van der Waals surface area contributed by atoms with Crippen LogP contribution in [-0.4, -0.2) is 54.0 Å². The number of hydrogen-bond acceptors (Lipinski definition) is 5. The number of carboxylic acids is 1. The second-order valence-corrected chi connectivity index (χ2v) is 5.40. The second kappa shape index (κ2) is 10.4. The molecule has 0 saturated carbocycles. The maximum atomic E-state index is 12.0. The predicted molar refractivity (Wildman–Crippen MR) is 85.3 cm³/mol. The summed E-state index contributed by atoms with van der Waals surface area (Å²) in [6.45, 7) is 3.31. The molecule has 0 rings (SSSR count). The lowest BCUT2D eigenvalue weighted by Gasteiger charge is -2.23. The van der Waals surface area contributed by atoms with E-state index in [1.807, 2.05) is 0 Å². The zero-order valence-electron chi connectivity index (χ0n) is 13.4. The number of rotatable bonds is 10. The van der Waals surface area contributed by atoms with Crippen LogP contribution in [0.1, 0.15) is 26.7 Å². The Balaban J connectivity index is 4.45. The highest BCUT2D eigenvalue weighted by Gasteiger charge is 2.26. The molecule has 23 heavy (non-hydrogen) atoms. The number of aliphatic imine (C=N–C) groups is 1. The number of carboxylic acid groups (broad SMARTS) is 1. The van der Waals surface area contributed by atoms with Crippen LogP contribution in [0.5, 0.6) is 0 Å². The molecule has 0 aromatic carbocycles. The zero-order valence-corrected chi connectivity index (χ0v) is 13.4. The molecule has 0 saturated heterocycles. The van der Waals surface area contributed by atoms with E-state index in [0.717, 1.165) is 0 Å². The van der Waals surface area contributed by atoms with Crippen molar-refractivity contribution >= 4 is 23.7 Å². The fourth-order valence-electron chi connectivity index (χ4n) is 1.72. The van der Waals surface area contributed by atoms with E-state index in [2.05, 4.69) is 15.6 Å². The number of nitrogens with two attached hydrogens (primary N) is 3. The SMILES string of the molecule is CC(C)[C@H](NC(=O)[C@@H](N)CCCN=C(N)N)C(=O)NCC(=O)O. The molecular formula is C13H26N6O4. The van der Waals surface area contributed by atoms with Gasteiger partial charge in [-0.3, -0.25) is 19.4 Å². The number of carbonyl (C=O) groups excluding carboxylic acids is 2. The van der Waals surface area contributed by atoms with Gasteiger partial charge in [0, 0.05) is 6.54 Å². The van der Waals surface area contributed by atoms with E-state index >= 15 is 0 Å². The Morgan fingerprint density at radius 3 is 2.26 bits per heavy atom. The quantitative estimate of drug-likeness (QED) is 0.148. The van der Waals surface area contributed by atoms with Crippen LogP contribution in [0.15, 0.2) is 4.99 Å². The normalized spacial score (nSPS) is 13.0. The van der Waals surface area contributed by atoms with Crippen LogP contribution in [0, 0.1) is 5.92 Å². The van der Waals surface area contributed by atoms with Crippen LogP contribution >= 0.6 is 0 Å². The topological polar surface area (TPSA) is 186 Å². The van der Waals surface area contributed by atoms with Crippen LogP contribution in [0.3, 0.4) is 0 Å². The molecule has 132 valence electrons. The highest BCUT2D eigenvalue weighted by Crippen LogP contribution is 2.04. The van der Waals surface area contributed by atoms with Crippen LogP contribution in [-0.2, 0) is 14.4 Å². The molecule has 0 unspecified atom stereocenters. The van der Waals surface area contributed by atoms with Crippen molar-refractivity contribution in [1.82, 2.24) is 10.6 Å². The Kier molecular flexibility index (Phi) is 9.31. The molecule has 0 aliphatic heterocycles. The monoisotopic (exact) mass is 330 g/mol. The summed E-state index contributed by atoms with van der Waals surface area (Å²) in [7, 11) is 0. The lowest BCUT2D eigenvalue weighted by molar-refractivity contribution is -0.138. The van der Waals surface area contributed by atoms with Gasteiger partial charge in [0.25, 0.3) is 0 Å². The van der Waals surface area contributed by atoms with Gasteiger partial charge in [-0.25, -0.2) is 0 Å². The van der Waals surface area contributed by atoms with Gasteiger partial charge in [0.1, 0.15) is 12.6 Å². The molecule has 0 aliphatic rings. The molecule has 0 bridgehead atoms. The molecule has 0 aromatic rings. The molecule has 0 aromatic heterocycles. The summed E-state index contributed by atoms with van der Waals surface area (Å²) in [6, 6.07) is -1.66. The van der Waals surface area contributed by atoms with Gasteiger partial charge in [-0.1, -0.05) is 13.8 Å². The van der Waals surface area contributed by atoms with E-state index in [9.17, 15) is 14.4 Å². The Morgan fingerprint density at radius 2 is 1.78 bits per heavy atom. The third-order valence-electron chi connectivity index (χ3n) is 2.97. The van der Waals surface area contributed by atoms with Crippen molar-refractivity contribution in [1.29, 1.82) is 0 Å². The molecule has 2 amide bonds. The summed E-state index contributed by atoms with van der Waals surface area (Å²) in [5, 5.41) is 13.3.